The third kappa shape index (κ3) is 39.3. The average Bonchev–Trinajstić information content (AvgIpc) is 2.78. The zero-order chi connectivity index (χ0) is 25.8. The first kappa shape index (κ1) is 36.2. The van der Waals surface area contributed by atoms with Crippen molar-refractivity contribution in [2.75, 3.05) is 19.6 Å². The lowest BCUT2D eigenvalue weighted by atomic mass is 10.1. The van der Waals surface area contributed by atoms with E-state index in [2.05, 4.69) is 25.7 Å². The second-order valence-corrected chi connectivity index (χ2v) is 11.1. The summed E-state index contributed by atoms with van der Waals surface area (Å²) in [5, 5.41) is 0. The summed E-state index contributed by atoms with van der Waals surface area (Å²) in [4.78, 5) is 24.4. The van der Waals surface area contributed by atoms with Gasteiger partial charge in [0.15, 0.2) is 0 Å². The van der Waals surface area contributed by atoms with Crippen LogP contribution in [0.25, 0.3) is 0 Å². The first-order valence-electron chi connectivity index (χ1n) is 14.9. The molecule has 0 fully saturated rings. The summed E-state index contributed by atoms with van der Waals surface area (Å²) < 4.78 is 8.88. The molecule has 0 aromatic rings. The van der Waals surface area contributed by atoms with E-state index in [9.17, 15) is 0 Å². The van der Waals surface area contributed by atoms with Crippen LogP contribution in [0.2, 0.25) is 0 Å². The Morgan fingerprint density at radius 1 is 0.412 bits per heavy atom. The van der Waals surface area contributed by atoms with Crippen LogP contribution in [-0.4, -0.2) is 39.2 Å². The molecule has 0 rings (SSSR count). The molecular weight excluding hydrogens is 445 g/mol. The summed E-state index contributed by atoms with van der Waals surface area (Å²) in [7, 11) is -4.64. The fraction of sp³-hybridized carbons (Fsp3) is 1.00. The Bertz CT molecular complexity index is 393. The van der Waals surface area contributed by atoms with Crippen LogP contribution >= 0.6 is 7.82 Å². The summed E-state index contributed by atoms with van der Waals surface area (Å²) in [5.74, 6) is 0. The van der Waals surface area contributed by atoms with Gasteiger partial charge in [-0.25, -0.2) is 4.57 Å². The lowest BCUT2D eigenvalue weighted by Crippen LogP contribution is -2.27. The van der Waals surface area contributed by atoms with Crippen LogP contribution < -0.4 is 0 Å². The number of hydrogen-bond acceptors (Lipinski definition) is 2. The molecule has 5 nitrogen and oxygen atoms in total. The first-order valence-corrected chi connectivity index (χ1v) is 16.4. The monoisotopic (exact) mass is 507 g/mol. The Kier molecular flexibility index (Phi) is 31.2. The molecule has 0 unspecified atom stereocenters. The van der Waals surface area contributed by atoms with Crippen LogP contribution in [0.1, 0.15) is 162 Å². The summed E-state index contributed by atoms with van der Waals surface area (Å²) >= 11 is 0. The molecule has 0 aliphatic rings. The topological polar surface area (TPSA) is 81.0 Å². The van der Waals surface area contributed by atoms with E-state index < -0.39 is 7.82 Å². The largest absolute Gasteiger partial charge is 0.466 e. The summed E-state index contributed by atoms with van der Waals surface area (Å²) in [6.07, 6.45) is 31.7. The molecule has 6 heteroatoms. The lowest BCUT2D eigenvalue weighted by Gasteiger charge is -2.22. The van der Waals surface area contributed by atoms with Gasteiger partial charge in [-0.2, -0.15) is 0 Å². The number of unbranched alkanes of at least 4 members (excludes halogenated alkanes) is 19. The fourth-order valence-electron chi connectivity index (χ4n) is 4.39. The molecule has 0 spiro atoms. The molecular formula is C28H62NO4P. The van der Waals surface area contributed by atoms with Crippen LogP contribution in [-0.2, 0) is 4.57 Å². The second kappa shape index (κ2) is 29.3. The molecule has 0 saturated heterocycles. The van der Waals surface area contributed by atoms with E-state index in [-0.39, 0.29) is 0 Å². The van der Waals surface area contributed by atoms with E-state index >= 15 is 0 Å². The normalized spacial score (nSPS) is 11.6. The van der Waals surface area contributed by atoms with Crippen LogP contribution in [0.5, 0.6) is 0 Å². The number of nitrogens with zero attached hydrogens (tertiary/aromatic N) is 1. The minimum absolute atomic E-state index is 1.36. The van der Waals surface area contributed by atoms with E-state index in [0.717, 1.165) is 0 Å². The highest BCUT2D eigenvalue weighted by Crippen LogP contribution is 2.25. The maximum atomic E-state index is 8.88. The molecule has 0 atom stereocenters. The predicted octanol–water partition coefficient (Wildman–Crippen LogP) is 9.00. The Hall–Kier alpha value is 0.0700. The van der Waals surface area contributed by atoms with Crippen LogP contribution in [0.15, 0.2) is 0 Å². The molecule has 208 valence electrons. The molecule has 0 bridgehead atoms. The molecule has 34 heavy (non-hydrogen) atoms. The van der Waals surface area contributed by atoms with Crippen LogP contribution in [0, 0.1) is 0 Å². The van der Waals surface area contributed by atoms with Crippen molar-refractivity contribution in [1.29, 1.82) is 0 Å². The first-order chi connectivity index (χ1) is 16.3. The molecule has 0 aliphatic carbocycles. The van der Waals surface area contributed by atoms with Crippen molar-refractivity contribution < 1.29 is 19.2 Å². The Morgan fingerprint density at radius 3 is 0.794 bits per heavy atom. The Labute approximate surface area is 213 Å². The van der Waals surface area contributed by atoms with Gasteiger partial charge in [0.1, 0.15) is 0 Å². The van der Waals surface area contributed by atoms with E-state index in [1.807, 2.05) is 0 Å². The average molecular weight is 508 g/mol. The Balaban J connectivity index is 0. The van der Waals surface area contributed by atoms with Crippen molar-refractivity contribution in [3.05, 3.63) is 0 Å². The second-order valence-electron chi connectivity index (χ2n) is 10.1. The zero-order valence-corrected chi connectivity index (χ0v) is 24.2. The maximum absolute atomic E-state index is 8.88. The molecule has 0 amide bonds. The van der Waals surface area contributed by atoms with Gasteiger partial charge in [-0.1, -0.05) is 143 Å². The van der Waals surface area contributed by atoms with E-state index in [1.54, 1.807) is 0 Å². The van der Waals surface area contributed by atoms with Gasteiger partial charge in [0.05, 0.1) is 0 Å². The van der Waals surface area contributed by atoms with Crippen LogP contribution in [0.3, 0.4) is 0 Å². The van der Waals surface area contributed by atoms with Gasteiger partial charge in [-0.05, 0) is 38.9 Å². The van der Waals surface area contributed by atoms with Crippen molar-refractivity contribution in [3.8, 4) is 0 Å². The number of phosphoric acid groups is 1. The maximum Gasteiger partial charge on any atom is 0.466 e. The van der Waals surface area contributed by atoms with Gasteiger partial charge in [-0.15, -0.1) is 0 Å². The molecule has 0 aromatic carbocycles. The zero-order valence-electron chi connectivity index (χ0n) is 23.3. The third-order valence-electron chi connectivity index (χ3n) is 6.48. The SMILES string of the molecule is CCCCCCCCCCCCN(CCCCCCCC)CCCCCCCC.O=P(O)(O)O. The van der Waals surface area contributed by atoms with Crippen molar-refractivity contribution in [2.45, 2.75) is 162 Å². The van der Waals surface area contributed by atoms with Gasteiger partial charge in [0.2, 0.25) is 0 Å². The van der Waals surface area contributed by atoms with Gasteiger partial charge in [0, 0.05) is 0 Å². The van der Waals surface area contributed by atoms with Gasteiger partial charge in [-0.3, -0.25) is 0 Å². The van der Waals surface area contributed by atoms with Crippen LogP contribution in [0.4, 0.5) is 0 Å². The predicted molar refractivity (Wildman–Crippen MR) is 149 cm³/mol. The molecule has 0 saturated carbocycles. The minimum atomic E-state index is -4.64. The highest BCUT2D eigenvalue weighted by atomic mass is 31.2. The Morgan fingerprint density at radius 2 is 0.588 bits per heavy atom. The number of rotatable bonds is 25. The smallest absolute Gasteiger partial charge is 0.303 e. The van der Waals surface area contributed by atoms with Gasteiger partial charge >= 0.3 is 7.82 Å². The minimum Gasteiger partial charge on any atom is -0.303 e. The van der Waals surface area contributed by atoms with Gasteiger partial charge in [0.25, 0.3) is 0 Å². The van der Waals surface area contributed by atoms with Crippen molar-refractivity contribution in [3.63, 3.8) is 0 Å². The summed E-state index contributed by atoms with van der Waals surface area (Å²) in [6.45, 7) is 11.0. The standard InChI is InChI=1S/C28H59N.H3O4P/c1-4-7-10-13-16-17-18-19-22-25-28-29(26-23-20-14-11-8-5-2)27-24-21-15-12-9-6-3;1-5(2,3)4/h4-28H2,1-3H3;(H3,1,2,3,4). The molecule has 3 N–H and O–H groups in total. The molecule has 0 aliphatic heterocycles. The van der Waals surface area contributed by atoms with Crippen molar-refractivity contribution in [1.82, 2.24) is 4.90 Å². The quantitative estimate of drug-likeness (QED) is 0.0848. The van der Waals surface area contributed by atoms with E-state index in [4.69, 9.17) is 19.2 Å². The molecule has 0 aromatic heterocycles. The lowest BCUT2D eigenvalue weighted by molar-refractivity contribution is 0.254. The summed E-state index contributed by atoms with van der Waals surface area (Å²) in [6, 6.07) is 0. The highest BCUT2D eigenvalue weighted by Gasteiger charge is 2.05. The van der Waals surface area contributed by atoms with Gasteiger partial charge < -0.3 is 19.6 Å². The van der Waals surface area contributed by atoms with E-state index in [0.29, 0.717) is 0 Å². The van der Waals surface area contributed by atoms with E-state index in [1.165, 1.54) is 161 Å². The third-order valence-corrected chi connectivity index (χ3v) is 6.48. The van der Waals surface area contributed by atoms with Crippen molar-refractivity contribution in [2.24, 2.45) is 0 Å². The molecule has 0 heterocycles. The number of hydrogen-bond donors (Lipinski definition) is 3. The fourth-order valence-corrected chi connectivity index (χ4v) is 4.39. The summed E-state index contributed by atoms with van der Waals surface area (Å²) in [5.41, 5.74) is 0. The highest BCUT2D eigenvalue weighted by molar-refractivity contribution is 7.45. The molecule has 0 radical (unpaired) electrons. The van der Waals surface area contributed by atoms with Crippen molar-refractivity contribution >= 4 is 7.82 Å².